The van der Waals surface area contributed by atoms with Crippen molar-refractivity contribution in [3.05, 3.63) is 84.4 Å². The van der Waals surface area contributed by atoms with Crippen molar-refractivity contribution >= 4 is 23.4 Å². The molecule has 3 aromatic carbocycles. The highest BCUT2D eigenvalue weighted by Gasteiger charge is 2.17. The van der Waals surface area contributed by atoms with Crippen LogP contribution >= 0.6 is 11.8 Å². The van der Waals surface area contributed by atoms with E-state index in [1.165, 1.54) is 17.3 Å². The smallest absolute Gasteiger partial charge is 0.234 e. The normalized spacial score (nSPS) is 11.3. The molecule has 1 N–H and O–H groups in total. The molecule has 0 spiro atoms. The van der Waals surface area contributed by atoms with Crippen LogP contribution in [0.5, 0.6) is 11.5 Å². The first-order valence-electron chi connectivity index (χ1n) is 11.1. The number of carbonyl (C=O) groups is 1. The zero-order valence-electron chi connectivity index (χ0n) is 19.4. The number of aromatic nitrogens is 4. The molecule has 174 valence electrons. The number of tetrazole rings is 1. The Balaban J connectivity index is 1.30. The second-order valence-electron chi connectivity index (χ2n) is 8.43. The van der Waals surface area contributed by atoms with Gasteiger partial charge < -0.3 is 10.1 Å². The van der Waals surface area contributed by atoms with Gasteiger partial charge in [0.15, 0.2) is 0 Å². The highest BCUT2D eigenvalue weighted by molar-refractivity contribution is 7.99. The van der Waals surface area contributed by atoms with Gasteiger partial charge >= 0.3 is 0 Å². The molecule has 7 nitrogen and oxygen atoms in total. The van der Waals surface area contributed by atoms with Crippen molar-refractivity contribution in [1.29, 1.82) is 0 Å². The number of hydrogen-bond donors (Lipinski definition) is 1. The highest BCUT2D eigenvalue weighted by atomic mass is 32.2. The van der Waals surface area contributed by atoms with E-state index < -0.39 is 0 Å². The van der Waals surface area contributed by atoms with E-state index in [0.29, 0.717) is 16.6 Å². The number of anilines is 1. The summed E-state index contributed by atoms with van der Waals surface area (Å²) in [4.78, 5) is 12.4. The Morgan fingerprint density at radius 2 is 1.62 bits per heavy atom. The highest BCUT2D eigenvalue weighted by Crippen LogP contribution is 2.30. The van der Waals surface area contributed by atoms with Gasteiger partial charge in [-0.1, -0.05) is 62.9 Å². The van der Waals surface area contributed by atoms with E-state index in [2.05, 4.69) is 53.7 Å². The van der Waals surface area contributed by atoms with Gasteiger partial charge in [0.2, 0.25) is 11.1 Å². The molecule has 0 aliphatic carbocycles. The summed E-state index contributed by atoms with van der Waals surface area (Å²) in [6.45, 7) is 6.66. The van der Waals surface area contributed by atoms with Gasteiger partial charge in [-0.25, -0.2) is 0 Å². The second-order valence-corrected chi connectivity index (χ2v) is 9.38. The predicted octanol–water partition coefficient (Wildman–Crippen LogP) is 5.87. The van der Waals surface area contributed by atoms with E-state index in [9.17, 15) is 4.79 Å². The minimum atomic E-state index is -0.143. The van der Waals surface area contributed by atoms with Crippen LogP contribution in [0.25, 0.3) is 5.69 Å². The first-order valence-corrected chi connectivity index (χ1v) is 12.1. The summed E-state index contributed by atoms with van der Waals surface area (Å²) in [7, 11) is 0. The standard InChI is InChI=1S/C26H27N5O2S/c1-4-26(2,3)19-10-14-22(15-11-19)33-23-16-12-20(13-17-23)27-24(32)18-34-25-28-29-30-31(25)21-8-6-5-7-9-21/h5-17H,4,18H2,1-3H3,(H,27,32). The largest absolute Gasteiger partial charge is 0.457 e. The Labute approximate surface area is 203 Å². The Morgan fingerprint density at radius 3 is 2.26 bits per heavy atom. The van der Waals surface area contributed by atoms with Crippen LogP contribution in [0.4, 0.5) is 5.69 Å². The lowest BCUT2D eigenvalue weighted by atomic mass is 9.82. The molecule has 0 bridgehead atoms. The third-order valence-electron chi connectivity index (χ3n) is 5.67. The SMILES string of the molecule is CCC(C)(C)c1ccc(Oc2ccc(NC(=O)CSc3nnnn3-c3ccccc3)cc2)cc1. The summed E-state index contributed by atoms with van der Waals surface area (Å²) >= 11 is 1.28. The Bertz CT molecular complexity index is 1220. The molecule has 0 saturated heterocycles. The number of benzene rings is 3. The fourth-order valence-corrected chi connectivity index (χ4v) is 3.94. The van der Waals surface area contributed by atoms with Crippen molar-refractivity contribution < 1.29 is 9.53 Å². The Morgan fingerprint density at radius 1 is 0.971 bits per heavy atom. The molecule has 1 amide bonds. The molecule has 4 aromatic rings. The second kappa shape index (κ2) is 10.5. The van der Waals surface area contributed by atoms with Crippen molar-refractivity contribution in [1.82, 2.24) is 20.2 Å². The monoisotopic (exact) mass is 473 g/mol. The lowest BCUT2D eigenvalue weighted by Crippen LogP contribution is -2.15. The first kappa shape index (κ1) is 23.5. The molecule has 0 unspecified atom stereocenters. The van der Waals surface area contributed by atoms with Crippen molar-refractivity contribution in [3.63, 3.8) is 0 Å². The molecule has 34 heavy (non-hydrogen) atoms. The summed E-state index contributed by atoms with van der Waals surface area (Å²) in [5, 5.41) is 15.2. The van der Waals surface area contributed by atoms with Gasteiger partial charge in [0.1, 0.15) is 11.5 Å². The zero-order valence-corrected chi connectivity index (χ0v) is 20.2. The summed E-state index contributed by atoms with van der Waals surface area (Å²) in [6.07, 6.45) is 1.07. The third-order valence-corrected chi connectivity index (χ3v) is 6.59. The molecule has 0 aliphatic rings. The van der Waals surface area contributed by atoms with Crippen LogP contribution in [-0.4, -0.2) is 31.9 Å². The van der Waals surface area contributed by atoms with Crippen LogP contribution < -0.4 is 10.1 Å². The number of nitrogens with one attached hydrogen (secondary N) is 1. The number of para-hydroxylation sites is 1. The summed E-state index contributed by atoms with van der Waals surface area (Å²) in [5.41, 5.74) is 2.97. The minimum Gasteiger partial charge on any atom is -0.457 e. The number of hydrogen-bond acceptors (Lipinski definition) is 6. The lowest BCUT2D eigenvalue weighted by molar-refractivity contribution is -0.113. The molecular weight excluding hydrogens is 446 g/mol. The van der Waals surface area contributed by atoms with Crippen LogP contribution in [0.1, 0.15) is 32.8 Å². The first-order chi connectivity index (χ1) is 16.4. The van der Waals surface area contributed by atoms with Crippen molar-refractivity contribution in [2.75, 3.05) is 11.1 Å². The average molecular weight is 474 g/mol. The van der Waals surface area contributed by atoms with Crippen molar-refractivity contribution in [2.24, 2.45) is 0 Å². The molecule has 0 radical (unpaired) electrons. The molecule has 1 heterocycles. The van der Waals surface area contributed by atoms with E-state index in [-0.39, 0.29) is 17.1 Å². The topological polar surface area (TPSA) is 81.9 Å². The maximum Gasteiger partial charge on any atom is 0.234 e. The molecule has 0 aliphatic heterocycles. The fraction of sp³-hybridized carbons (Fsp3) is 0.231. The van der Waals surface area contributed by atoms with E-state index in [0.717, 1.165) is 17.9 Å². The quantitative estimate of drug-likeness (QED) is 0.306. The van der Waals surface area contributed by atoms with E-state index in [4.69, 9.17) is 4.74 Å². The van der Waals surface area contributed by atoms with E-state index >= 15 is 0 Å². The van der Waals surface area contributed by atoms with Gasteiger partial charge in [-0.05, 0) is 76.4 Å². The minimum absolute atomic E-state index is 0.143. The van der Waals surface area contributed by atoms with Crippen molar-refractivity contribution in [3.8, 4) is 17.2 Å². The van der Waals surface area contributed by atoms with Gasteiger partial charge in [0, 0.05) is 5.69 Å². The molecule has 0 saturated carbocycles. The molecule has 0 fully saturated rings. The van der Waals surface area contributed by atoms with Crippen molar-refractivity contribution in [2.45, 2.75) is 37.8 Å². The van der Waals surface area contributed by atoms with Crippen LogP contribution in [0.3, 0.4) is 0 Å². The summed E-state index contributed by atoms with van der Waals surface area (Å²) in [5.74, 6) is 1.53. The number of rotatable bonds is 9. The fourth-order valence-electron chi connectivity index (χ4n) is 3.25. The van der Waals surface area contributed by atoms with Gasteiger partial charge in [-0.2, -0.15) is 4.68 Å². The van der Waals surface area contributed by atoms with Crippen LogP contribution in [0.2, 0.25) is 0 Å². The van der Waals surface area contributed by atoms with E-state index in [1.54, 1.807) is 4.68 Å². The van der Waals surface area contributed by atoms with Gasteiger partial charge in [0.05, 0.1) is 11.4 Å². The number of thioether (sulfide) groups is 1. The lowest BCUT2D eigenvalue weighted by Gasteiger charge is -2.23. The number of amides is 1. The molecule has 8 heteroatoms. The molecular formula is C26H27N5O2S. The maximum absolute atomic E-state index is 12.4. The summed E-state index contributed by atoms with van der Waals surface area (Å²) in [6, 6.07) is 25.1. The van der Waals surface area contributed by atoms with Crippen LogP contribution in [0, 0.1) is 0 Å². The predicted molar refractivity (Wildman–Crippen MR) is 135 cm³/mol. The van der Waals surface area contributed by atoms with E-state index in [1.807, 2.05) is 66.7 Å². The number of carbonyl (C=O) groups excluding carboxylic acids is 1. The maximum atomic E-state index is 12.4. The third kappa shape index (κ3) is 5.82. The Hall–Kier alpha value is -3.65. The van der Waals surface area contributed by atoms with Crippen LogP contribution in [-0.2, 0) is 10.2 Å². The van der Waals surface area contributed by atoms with Gasteiger partial charge in [-0.3, -0.25) is 4.79 Å². The average Bonchev–Trinajstić information content (AvgIpc) is 3.34. The molecule has 4 rings (SSSR count). The zero-order chi connectivity index (χ0) is 24.0. The number of ether oxygens (including phenoxy) is 1. The number of nitrogens with zero attached hydrogens (tertiary/aromatic N) is 4. The van der Waals surface area contributed by atoms with Crippen LogP contribution in [0.15, 0.2) is 84.0 Å². The van der Waals surface area contributed by atoms with Gasteiger partial charge in [0.25, 0.3) is 0 Å². The molecule has 1 aromatic heterocycles. The molecule has 0 atom stereocenters. The Kier molecular flexibility index (Phi) is 7.27. The van der Waals surface area contributed by atoms with Gasteiger partial charge in [-0.15, -0.1) is 5.10 Å². The summed E-state index contributed by atoms with van der Waals surface area (Å²) < 4.78 is 7.56.